The number of allylic oxidation sites excluding steroid dienone is 1. The molecule has 0 N–H and O–H groups in total. The van der Waals surface area contributed by atoms with Crippen LogP contribution < -0.4 is 4.74 Å². The molecule has 1 rings (SSSR count). The van der Waals surface area contributed by atoms with Crippen molar-refractivity contribution in [2.75, 3.05) is 7.11 Å². The van der Waals surface area contributed by atoms with Crippen LogP contribution in [0.25, 0.3) is 0 Å². The SMILES string of the molecule is C=C(CC)CC(=O)c1cc(OC)cs1. The van der Waals surface area contributed by atoms with Gasteiger partial charge in [0.25, 0.3) is 0 Å². The summed E-state index contributed by atoms with van der Waals surface area (Å²) in [5.41, 5.74) is 0.974. The van der Waals surface area contributed by atoms with E-state index >= 15 is 0 Å². The van der Waals surface area contributed by atoms with Gasteiger partial charge in [-0.2, -0.15) is 0 Å². The Morgan fingerprint density at radius 1 is 1.64 bits per heavy atom. The van der Waals surface area contributed by atoms with Crippen LogP contribution in [-0.2, 0) is 0 Å². The Balaban J connectivity index is 2.65. The van der Waals surface area contributed by atoms with Crippen molar-refractivity contribution in [3.05, 3.63) is 28.5 Å². The van der Waals surface area contributed by atoms with Crippen molar-refractivity contribution in [1.82, 2.24) is 0 Å². The van der Waals surface area contributed by atoms with Gasteiger partial charge in [-0.3, -0.25) is 4.79 Å². The van der Waals surface area contributed by atoms with Crippen LogP contribution in [0.15, 0.2) is 23.6 Å². The minimum Gasteiger partial charge on any atom is -0.496 e. The molecule has 0 spiro atoms. The second kappa shape index (κ2) is 4.96. The fraction of sp³-hybridized carbons (Fsp3) is 0.364. The maximum Gasteiger partial charge on any atom is 0.176 e. The van der Waals surface area contributed by atoms with E-state index in [4.69, 9.17) is 4.74 Å². The zero-order valence-corrected chi connectivity index (χ0v) is 9.32. The number of ketones is 1. The number of carbonyl (C=O) groups excluding carboxylic acids is 1. The summed E-state index contributed by atoms with van der Waals surface area (Å²) in [5, 5.41) is 1.84. The van der Waals surface area contributed by atoms with Crippen LogP contribution in [0, 0.1) is 0 Å². The molecule has 0 amide bonds. The lowest BCUT2D eigenvalue weighted by atomic mass is 10.1. The highest BCUT2D eigenvalue weighted by molar-refractivity contribution is 7.12. The smallest absolute Gasteiger partial charge is 0.176 e. The molecule has 0 aliphatic heterocycles. The molecule has 0 bridgehead atoms. The third-order valence-electron chi connectivity index (χ3n) is 2.00. The number of thiophene rings is 1. The number of carbonyl (C=O) groups is 1. The summed E-state index contributed by atoms with van der Waals surface area (Å²) >= 11 is 1.42. The number of hydrogen-bond donors (Lipinski definition) is 0. The van der Waals surface area contributed by atoms with Gasteiger partial charge in [-0.15, -0.1) is 11.3 Å². The van der Waals surface area contributed by atoms with Crippen molar-refractivity contribution in [1.29, 1.82) is 0 Å². The quantitative estimate of drug-likeness (QED) is 0.550. The van der Waals surface area contributed by atoms with E-state index in [-0.39, 0.29) is 5.78 Å². The zero-order chi connectivity index (χ0) is 10.6. The molecule has 0 radical (unpaired) electrons. The summed E-state index contributed by atoms with van der Waals surface area (Å²) in [5.74, 6) is 0.880. The fourth-order valence-electron chi connectivity index (χ4n) is 1.01. The van der Waals surface area contributed by atoms with E-state index in [1.807, 2.05) is 12.3 Å². The summed E-state index contributed by atoms with van der Waals surface area (Å²) in [4.78, 5) is 12.4. The number of ether oxygens (including phenoxy) is 1. The maximum atomic E-state index is 11.6. The second-order valence-electron chi connectivity index (χ2n) is 3.05. The first-order valence-corrected chi connectivity index (χ1v) is 5.37. The standard InChI is InChI=1S/C11H14O2S/c1-4-8(2)5-10(12)11-6-9(13-3)7-14-11/h6-7H,2,4-5H2,1,3H3. The predicted octanol–water partition coefficient (Wildman–Crippen LogP) is 3.30. The molecule has 0 aromatic carbocycles. The van der Waals surface area contributed by atoms with Gasteiger partial charge in [-0.25, -0.2) is 0 Å². The van der Waals surface area contributed by atoms with Crippen LogP contribution in [0.3, 0.4) is 0 Å². The number of Topliss-reactive ketones (excluding diaryl/α,β-unsaturated/α-hetero) is 1. The minimum absolute atomic E-state index is 0.130. The molecule has 0 aliphatic rings. The Hall–Kier alpha value is -1.09. The topological polar surface area (TPSA) is 26.3 Å². The lowest BCUT2D eigenvalue weighted by Crippen LogP contribution is -1.96. The van der Waals surface area contributed by atoms with Gasteiger partial charge in [0.05, 0.1) is 12.0 Å². The Morgan fingerprint density at radius 2 is 2.36 bits per heavy atom. The molecule has 0 atom stereocenters. The molecule has 3 heteroatoms. The highest BCUT2D eigenvalue weighted by atomic mass is 32.1. The van der Waals surface area contributed by atoms with Crippen LogP contribution in [0.1, 0.15) is 29.4 Å². The monoisotopic (exact) mass is 210 g/mol. The van der Waals surface area contributed by atoms with E-state index < -0.39 is 0 Å². The number of rotatable bonds is 5. The molecule has 0 saturated carbocycles. The van der Waals surface area contributed by atoms with E-state index in [0.29, 0.717) is 6.42 Å². The van der Waals surface area contributed by atoms with Crippen molar-refractivity contribution in [2.24, 2.45) is 0 Å². The number of methoxy groups -OCH3 is 1. The molecule has 0 aliphatic carbocycles. The first-order valence-electron chi connectivity index (χ1n) is 4.49. The predicted molar refractivity (Wildman–Crippen MR) is 59.2 cm³/mol. The van der Waals surface area contributed by atoms with Crippen molar-refractivity contribution in [3.63, 3.8) is 0 Å². The molecule has 2 nitrogen and oxygen atoms in total. The molecule has 0 fully saturated rings. The maximum absolute atomic E-state index is 11.6. The Bertz CT molecular complexity index is 339. The van der Waals surface area contributed by atoms with Gasteiger partial charge in [-0.05, 0) is 6.42 Å². The lowest BCUT2D eigenvalue weighted by molar-refractivity contribution is 0.0996. The van der Waals surface area contributed by atoms with Crippen LogP contribution in [0.2, 0.25) is 0 Å². The van der Waals surface area contributed by atoms with Gasteiger partial charge < -0.3 is 4.74 Å². The normalized spacial score (nSPS) is 9.86. The minimum atomic E-state index is 0.130. The summed E-state index contributed by atoms with van der Waals surface area (Å²) in [7, 11) is 1.60. The van der Waals surface area contributed by atoms with E-state index in [1.165, 1.54) is 11.3 Å². The van der Waals surface area contributed by atoms with Crippen molar-refractivity contribution in [2.45, 2.75) is 19.8 Å². The lowest BCUT2D eigenvalue weighted by Gasteiger charge is -1.98. The summed E-state index contributed by atoms with van der Waals surface area (Å²) in [6, 6.07) is 1.77. The molecule has 0 unspecified atom stereocenters. The average Bonchev–Trinajstić information content (AvgIpc) is 2.65. The van der Waals surface area contributed by atoms with E-state index in [1.54, 1.807) is 13.2 Å². The third kappa shape index (κ3) is 2.70. The van der Waals surface area contributed by atoms with Crippen LogP contribution in [-0.4, -0.2) is 12.9 Å². The fourth-order valence-corrected chi connectivity index (χ4v) is 1.81. The Morgan fingerprint density at radius 3 is 2.86 bits per heavy atom. The molecular weight excluding hydrogens is 196 g/mol. The second-order valence-corrected chi connectivity index (χ2v) is 3.97. The Labute approximate surface area is 88.2 Å². The van der Waals surface area contributed by atoms with Crippen molar-refractivity contribution in [3.8, 4) is 5.75 Å². The van der Waals surface area contributed by atoms with E-state index in [2.05, 4.69) is 6.58 Å². The molecule has 14 heavy (non-hydrogen) atoms. The molecular formula is C11H14O2S. The molecule has 0 saturated heterocycles. The highest BCUT2D eigenvalue weighted by Crippen LogP contribution is 2.23. The average molecular weight is 210 g/mol. The third-order valence-corrected chi connectivity index (χ3v) is 2.95. The van der Waals surface area contributed by atoms with Crippen LogP contribution >= 0.6 is 11.3 Å². The molecule has 1 aromatic heterocycles. The van der Waals surface area contributed by atoms with Gasteiger partial charge in [0, 0.05) is 17.9 Å². The first-order chi connectivity index (χ1) is 6.67. The largest absolute Gasteiger partial charge is 0.496 e. The van der Waals surface area contributed by atoms with Gasteiger partial charge in [0.1, 0.15) is 5.75 Å². The highest BCUT2D eigenvalue weighted by Gasteiger charge is 2.10. The van der Waals surface area contributed by atoms with Gasteiger partial charge in [0.2, 0.25) is 0 Å². The van der Waals surface area contributed by atoms with E-state index in [0.717, 1.165) is 22.6 Å². The molecule has 76 valence electrons. The zero-order valence-electron chi connectivity index (χ0n) is 8.50. The van der Waals surface area contributed by atoms with Crippen molar-refractivity contribution < 1.29 is 9.53 Å². The van der Waals surface area contributed by atoms with Crippen LogP contribution in [0.5, 0.6) is 5.75 Å². The molecule has 1 aromatic rings. The summed E-state index contributed by atoms with van der Waals surface area (Å²) in [6.07, 6.45) is 1.30. The summed E-state index contributed by atoms with van der Waals surface area (Å²) < 4.78 is 5.01. The van der Waals surface area contributed by atoms with Gasteiger partial charge in [0.15, 0.2) is 5.78 Å². The van der Waals surface area contributed by atoms with E-state index in [9.17, 15) is 4.79 Å². The van der Waals surface area contributed by atoms with Crippen LogP contribution in [0.4, 0.5) is 0 Å². The number of hydrogen-bond acceptors (Lipinski definition) is 3. The first kappa shape index (κ1) is 11.0. The summed E-state index contributed by atoms with van der Waals surface area (Å²) in [6.45, 7) is 5.82. The van der Waals surface area contributed by atoms with Crippen molar-refractivity contribution >= 4 is 17.1 Å². The van der Waals surface area contributed by atoms with Gasteiger partial charge >= 0.3 is 0 Å². The Kier molecular flexibility index (Phi) is 3.89. The van der Waals surface area contributed by atoms with Gasteiger partial charge in [-0.1, -0.05) is 19.1 Å². The molecule has 1 heterocycles.